The van der Waals surface area contributed by atoms with Crippen LogP contribution in [0.4, 0.5) is 11.4 Å². The Bertz CT molecular complexity index is 3060. The highest BCUT2D eigenvalue weighted by Gasteiger charge is 2.41. The maximum atomic E-state index is 15.3. The molecule has 0 saturated heterocycles. The minimum atomic E-state index is -0.370. The van der Waals surface area contributed by atoms with Crippen LogP contribution < -0.4 is 4.90 Å². The van der Waals surface area contributed by atoms with Gasteiger partial charge in [0.2, 0.25) is 0 Å². The molecule has 9 aromatic rings. The lowest BCUT2D eigenvalue weighted by molar-refractivity contribution is 0.0926. The van der Waals surface area contributed by atoms with Crippen molar-refractivity contribution in [3.63, 3.8) is 0 Å². The lowest BCUT2D eigenvalue weighted by Crippen LogP contribution is -2.30. The first-order valence-electron chi connectivity index (χ1n) is 18.9. The second-order valence-corrected chi connectivity index (χ2v) is 14.4. The van der Waals surface area contributed by atoms with Gasteiger partial charge in [-0.25, -0.2) is 9.74 Å². The van der Waals surface area contributed by atoms with E-state index in [4.69, 9.17) is 6.57 Å². The smallest absolute Gasteiger partial charge is 0.268 e. The zero-order chi connectivity index (χ0) is 38.6. The highest BCUT2D eigenvalue weighted by atomic mass is 16.2. The molecular formula is C52H33N3O2. The summed E-state index contributed by atoms with van der Waals surface area (Å²) in [6, 6.07) is 60.3. The number of amides is 2. The van der Waals surface area contributed by atoms with Crippen LogP contribution in [0.5, 0.6) is 0 Å². The SMILES string of the molecule is [C-]#[N+]c1ccc(-c2ccc3c(c2)c2ccccc2n3-c2cccc3c2C(=O)N(c2c(-c4ccccc4)cc(-c4ccccc4)cc2-c2ccccc2)C3=O)c(C)c1. The summed E-state index contributed by atoms with van der Waals surface area (Å²) in [7, 11) is 0. The van der Waals surface area contributed by atoms with E-state index in [0.29, 0.717) is 28.2 Å². The number of imide groups is 1. The lowest BCUT2D eigenvalue weighted by Gasteiger charge is -2.24. The van der Waals surface area contributed by atoms with Gasteiger partial charge in [-0.05, 0) is 82.8 Å². The number of anilines is 1. The molecule has 0 radical (unpaired) electrons. The molecule has 1 aliphatic rings. The van der Waals surface area contributed by atoms with E-state index >= 15 is 4.79 Å². The Hall–Kier alpha value is -7.81. The highest BCUT2D eigenvalue weighted by molar-refractivity contribution is 6.37. The maximum Gasteiger partial charge on any atom is 0.268 e. The van der Waals surface area contributed by atoms with Gasteiger partial charge in [-0.2, -0.15) is 0 Å². The Labute approximate surface area is 330 Å². The van der Waals surface area contributed by atoms with Crippen LogP contribution >= 0.6 is 0 Å². The Morgan fingerprint density at radius 3 is 1.72 bits per heavy atom. The lowest BCUT2D eigenvalue weighted by atomic mass is 9.90. The number of para-hydroxylation sites is 1. The normalized spacial score (nSPS) is 12.3. The molecule has 0 unspecified atom stereocenters. The molecule has 2 amide bonds. The highest BCUT2D eigenvalue weighted by Crippen LogP contribution is 2.47. The molecule has 1 aromatic heterocycles. The second kappa shape index (κ2) is 13.5. The number of benzene rings is 8. The number of aryl methyl sites for hydroxylation is 1. The number of hydrogen-bond donors (Lipinski definition) is 0. The van der Waals surface area contributed by atoms with Crippen molar-refractivity contribution in [2.24, 2.45) is 0 Å². The summed E-state index contributed by atoms with van der Waals surface area (Å²) < 4.78 is 2.12. The van der Waals surface area contributed by atoms with Gasteiger partial charge in [0.15, 0.2) is 5.69 Å². The van der Waals surface area contributed by atoms with Gasteiger partial charge in [0.25, 0.3) is 11.8 Å². The summed E-state index contributed by atoms with van der Waals surface area (Å²) in [6.45, 7) is 9.48. The van der Waals surface area contributed by atoms with Crippen molar-refractivity contribution in [1.29, 1.82) is 0 Å². The fraction of sp³-hybridized carbons (Fsp3) is 0.0192. The maximum absolute atomic E-state index is 15.3. The summed E-state index contributed by atoms with van der Waals surface area (Å²) in [6.07, 6.45) is 0. The Balaban J connectivity index is 1.19. The van der Waals surface area contributed by atoms with Crippen LogP contribution in [-0.4, -0.2) is 16.4 Å². The molecule has 57 heavy (non-hydrogen) atoms. The molecule has 0 aliphatic carbocycles. The fourth-order valence-electron chi connectivity index (χ4n) is 8.45. The minimum absolute atomic E-state index is 0.361. The van der Waals surface area contributed by atoms with Crippen LogP contribution in [0.25, 0.3) is 76.8 Å². The number of rotatable bonds is 6. The number of carbonyl (C=O) groups is 2. The molecule has 5 heteroatoms. The van der Waals surface area contributed by atoms with E-state index in [1.807, 2.05) is 128 Å². The fourth-order valence-corrected chi connectivity index (χ4v) is 8.45. The summed E-state index contributed by atoms with van der Waals surface area (Å²) >= 11 is 0. The number of aromatic nitrogens is 1. The van der Waals surface area contributed by atoms with Crippen LogP contribution in [-0.2, 0) is 0 Å². The molecule has 268 valence electrons. The van der Waals surface area contributed by atoms with E-state index in [0.717, 1.165) is 71.9 Å². The predicted octanol–water partition coefficient (Wildman–Crippen LogP) is 13.1. The Morgan fingerprint density at radius 2 is 1.07 bits per heavy atom. The molecular weight excluding hydrogens is 699 g/mol. The zero-order valence-electron chi connectivity index (χ0n) is 31.0. The third-order valence-electron chi connectivity index (χ3n) is 11.1. The van der Waals surface area contributed by atoms with Gasteiger partial charge in [0.1, 0.15) is 0 Å². The Kier molecular flexibility index (Phi) is 7.98. The molecule has 0 N–H and O–H groups in total. The topological polar surface area (TPSA) is 46.7 Å². The molecule has 0 atom stereocenters. The van der Waals surface area contributed by atoms with Crippen molar-refractivity contribution in [3.8, 4) is 50.2 Å². The Morgan fingerprint density at radius 1 is 0.456 bits per heavy atom. The van der Waals surface area contributed by atoms with Crippen molar-refractivity contribution in [2.75, 3.05) is 4.90 Å². The van der Waals surface area contributed by atoms with Gasteiger partial charge in [0.05, 0.1) is 40.1 Å². The van der Waals surface area contributed by atoms with Crippen molar-refractivity contribution in [2.45, 2.75) is 6.92 Å². The first kappa shape index (κ1) is 33.7. The van der Waals surface area contributed by atoms with E-state index in [9.17, 15) is 4.79 Å². The summed E-state index contributed by atoms with van der Waals surface area (Å²) in [5.41, 5.74) is 12.9. The van der Waals surface area contributed by atoms with Crippen molar-refractivity contribution in [1.82, 2.24) is 4.57 Å². The van der Waals surface area contributed by atoms with Gasteiger partial charge in [0, 0.05) is 21.9 Å². The summed E-state index contributed by atoms with van der Waals surface area (Å²) in [5.74, 6) is -0.731. The molecule has 0 saturated carbocycles. The standard InChI is InChI=1S/C52H33N3O2/c1-33-29-39(53-2)26-27-40(33)37-25-28-47-45(30-37)41-21-12-13-23-46(41)54(47)48-24-14-22-42-49(48)52(57)55(51(42)56)50-43(35-17-8-4-9-18-35)31-38(34-15-6-3-7-16-34)32-44(50)36-19-10-5-11-20-36/h3-32H,1H3. The predicted molar refractivity (Wildman–Crippen MR) is 231 cm³/mol. The van der Waals surface area contributed by atoms with E-state index in [1.54, 1.807) is 6.07 Å². The average Bonchev–Trinajstić information content (AvgIpc) is 3.73. The molecule has 2 heterocycles. The van der Waals surface area contributed by atoms with Crippen LogP contribution in [0.2, 0.25) is 0 Å². The van der Waals surface area contributed by atoms with Crippen molar-refractivity contribution >= 4 is 45.0 Å². The first-order valence-corrected chi connectivity index (χ1v) is 18.9. The molecule has 10 rings (SSSR count). The number of nitrogens with zero attached hydrogens (tertiary/aromatic N) is 3. The van der Waals surface area contributed by atoms with Crippen molar-refractivity contribution < 1.29 is 9.59 Å². The van der Waals surface area contributed by atoms with Crippen LogP contribution in [0, 0.1) is 13.5 Å². The van der Waals surface area contributed by atoms with Gasteiger partial charge in [-0.15, -0.1) is 0 Å². The van der Waals surface area contributed by atoms with Gasteiger partial charge in [-0.1, -0.05) is 145 Å². The molecule has 5 nitrogen and oxygen atoms in total. The van der Waals surface area contributed by atoms with E-state index in [1.165, 1.54) is 4.90 Å². The third-order valence-corrected chi connectivity index (χ3v) is 11.1. The number of carbonyl (C=O) groups excluding carboxylic acids is 2. The van der Waals surface area contributed by atoms with Crippen LogP contribution in [0.15, 0.2) is 182 Å². The van der Waals surface area contributed by atoms with Crippen LogP contribution in [0.3, 0.4) is 0 Å². The van der Waals surface area contributed by atoms with Crippen molar-refractivity contribution in [3.05, 3.63) is 210 Å². The molecule has 8 aromatic carbocycles. The molecule has 1 aliphatic heterocycles. The van der Waals surface area contributed by atoms with E-state index < -0.39 is 0 Å². The first-order chi connectivity index (χ1) is 28.0. The third kappa shape index (κ3) is 5.46. The average molecular weight is 732 g/mol. The number of hydrogen-bond acceptors (Lipinski definition) is 2. The quantitative estimate of drug-likeness (QED) is 0.126. The largest absolute Gasteiger partial charge is 0.308 e. The molecule has 0 bridgehead atoms. The van der Waals surface area contributed by atoms with E-state index in [2.05, 4.69) is 64.0 Å². The molecule has 0 spiro atoms. The second-order valence-electron chi connectivity index (χ2n) is 14.4. The monoisotopic (exact) mass is 731 g/mol. The minimum Gasteiger partial charge on any atom is -0.308 e. The van der Waals surface area contributed by atoms with E-state index in [-0.39, 0.29) is 11.8 Å². The zero-order valence-corrected chi connectivity index (χ0v) is 31.0. The van der Waals surface area contributed by atoms with Gasteiger partial charge >= 0.3 is 0 Å². The van der Waals surface area contributed by atoms with Gasteiger partial charge in [-0.3, -0.25) is 9.59 Å². The molecule has 0 fully saturated rings. The van der Waals surface area contributed by atoms with Crippen LogP contribution in [0.1, 0.15) is 26.3 Å². The number of fused-ring (bicyclic) bond motifs is 4. The van der Waals surface area contributed by atoms with Gasteiger partial charge < -0.3 is 4.57 Å². The summed E-state index contributed by atoms with van der Waals surface area (Å²) in [5, 5.41) is 2.06. The summed E-state index contributed by atoms with van der Waals surface area (Å²) in [4.78, 5) is 35.3.